The standard InChI is InChI=1S/C18H19ClN4O2/c1-11-15-9-13(10-20-16(15)23(4)22-11)21-17(24)18(2,3)25-14-7-5-12(19)6-8-14/h5-10H,1-4H3,(H,21,24). The van der Waals surface area contributed by atoms with Crippen LogP contribution in [-0.4, -0.2) is 26.3 Å². The van der Waals surface area contributed by atoms with Gasteiger partial charge in [0.25, 0.3) is 5.91 Å². The van der Waals surface area contributed by atoms with Crippen LogP contribution in [0.1, 0.15) is 19.5 Å². The second kappa shape index (κ2) is 6.37. The van der Waals surface area contributed by atoms with Gasteiger partial charge in [-0.25, -0.2) is 4.98 Å². The lowest BCUT2D eigenvalue weighted by Gasteiger charge is -2.25. The van der Waals surface area contributed by atoms with Gasteiger partial charge in [0.2, 0.25) is 0 Å². The first-order chi connectivity index (χ1) is 11.8. The zero-order valence-corrected chi connectivity index (χ0v) is 15.3. The Labute approximate surface area is 150 Å². The number of aromatic nitrogens is 3. The lowest BCUT2D eigenvalue weighted by molar-refractivity contribution is -0.128. The Bertz CT molecular complexity index is 932. The molecule has 1 aromatic carbocycles. The van der Waals surface area contributed by atoms with Crippen molar-refractivity contribution < 1.29 is 9.53 Å². The van der Waals surface area contributed by atoms with E-state index in [4.69, 9.17) is 16.3 Å². The number of anilines is 1. The minimum Gasteiger partial charge on any atom is -0.478 e. The van der Waals surface area contributed by atoms with Crippen LogP contribution in [0.4, 0.5) is 5.69 Å². The molecule has 0 atom stereocenters. The highest BCUT2D eigenvalue weighted by Crippen LogP contribution is 2.23. The maximum absolute atomic E-state index is 12.6. The summed E-state index contributed by atoms with van der Waals surface area (Å²) in [4.78, 5) is 17.0. The fraction of sp³-hybridized carbons (Fsp3) is 0.278. The Balaban J connectivity index is 1.78. The Morgan fingerprint density at radius 3 is 2.64 bits per heavy atom. The van der Waals surface area contributed by atoms with Gasteiger partial charge in [-0.1, -0.05) is 11.6 Å². The molecular formula is C18H19ClN4O2. The molecule has 3 rings (SSSR count). The summed E-state index contributed by atoms with van der Waals surface area (Å²) in [6, 6.07) is 8.75. The first-order valence-electron chi connectivity index (χ1n) is 7.81. The SMILES string of the molecule is Cc1nn(C)c2ncc(NC(=O)C(C)(C)Oc3ccc(Cl)cc3)cc12. The molecular weight excluding hydrogens is 340 g/mol. The second-order valence-corrected chi connectivity index (χ2v) is 6.76. The number of nitrogens with zero attached hydrogens (tertiary/aromatic N) is 3. The lowest BCUT2D eigenvalue weighted by atomic mass is 10.1. The van der Waals surface area contributed by atoms with Crippen molar-refractivity contribution in [2.24, 2.45) is 7.05 Å². The van der Waals surface area contributed by atoms with E-state index in [1.165, 1.54) is 0 Å². The minimum absolute atomic E-state index is 0.273. The first-order valence-corrected chi connectivity index (χ1v) is 8.19. The van der Waals surface area contributed by atoms with Gasteiger partial charge in [0.15, 0.2) is 11.2 Å². The average Bonchev–Trinajstić information content (AvgIpc) is 2.83. The molecule has 1 amide bonds. The van der Waals surface area contributed by atoms with E-state index in [0.717, 1.165) is 16.7 Å². The van der Waals surface area contributed by atoms with Crippen LogP contribution in [0.15, 0.2) is 36.5 Å². The van der Waals surface area contributed by atoms with E-state index in [-0.39, 0.29) is 5.91 Å². The Hall–Kier alpha value is -2.60. The molecule has 0 bridgehead atoms. The molecule has 7 heteroatoms. The molecule has 2 heterocycles. The number of amides is 1. The number of carbonyl (C=O) groups is 1. The zero-order valence-electron chi connectivity index (χ0n) is 14.5. The summed E-state index contributed by atoms with van der Waals surface area (Å²) in [7, 11) is 1.84. The van der Waals surface area contributed by atoms with Crippen LogP contribution in [0.25, 0.3) is 11.0 Å². The molecule has 130 valence electrons. The Morgan fingerprint density at radius 2 is 1.96 bits per heavy atom. The summed E-state index contributed by atoms with van der Waals surface area (Å²) < 4.78 is 7.51. The maximum atomic E-state index is 12.6. The largest absolute Gasteiger partial charge is 0.478 e. The number of pyridine rings is 1. The number of benzene rings is 1. The summed E-state index contributed by atoms with van der Waals surface area (Å²) in [6.07, 6.45) is 1.61. The fourth-order valence-corrected chi connectivity index (χ4v) is 2.63. The molecule has 0 aliphatic rings. The van der Waals surface area contributed by atoms with E-state index in [0.29, 0.717) is 16.5 Å². The van der Waals surface area contributed by atoms with Gasteiger partial charge in [-0.3, -0.25) is 9.48 Å². The van der Waals surface area contributed by atoms with Crippen LogP contribution in [0.2, 0.25) is 5.02 Å². The van der Waals surface area contributed by atoms with Crippen LogP contribution >= 0.6 is 11.6 Å². The van der Waals surface area contributed by atoms with Crippen LogP contribution in [0, 0.1) is 6.92 Å². The molecule has 0 saturated heterocycles. The first kappa shape index (κ1) is 17.2. The quantitative estimate of drug-likeness (QED) is 0.771. The molecule has 3 aromatic rings. The van der Waals surface area contributed by atoms with E-state index >= 15 is 0 Å². The molecule has 6 nitrogen and oxygen atoms in total. The summed E-state index contributed by atoms with van der Waals surface area (Å²) in [5.41, 5.74) is 1.17. The number of rotatable bonds is 4. The second-order valence-electron chi connectivity index (χ2n) is 6.32. The van der Waals surface area contributed by atoms with Crippen molar-refractivity contribution in [3.8, 4) is 5.75 Å². The molecule has 0 aliphatic carbocycles. The molecule has 2 aromatic heterocycles. The average molecular weight is 359 g/mol. The van der Waals surface area contributed by atoms with E-state index in [9.17, 15) is 4.79 Å². The molecule has 0 radical (unpaired) electrons. The van der Waals surface area contributed by atoms with Crippen LogP contribution in [-0.2, 0) is 11.8 Å². The van der Waals surface area contributed by atoms with Gasteiger partial charge < -0.3 is 10.1 Å². The zero-order chi connectivity index (χ0) is 18.2. The van der Waals surface area contributed by atoms with Crippen molar-refractivity contribution in [3.63, 3.8) is 0 Å². The Morgan fingerprint density at radius 1 is 1.28 bits per heavy atom. The van der Waals surface area contributed by atoms with Gasteiger partial charge in [0.05, 0.1) is 17.6 Å². The van der Waals surface area contributed by atoms with Gasteiger partial charge in [-0.05, 0) is 51.1 Å². The molecule has 0 unspecified atom stereocenters. The fourth-order valence-electron chi connectivity index (χ4n) is 2.50. The van der Waals surface area contributed by atoms with Crippen molar-refractivity contribution in [3.05, 3.63) is 47.2 Å². The highest BCUT2D eigenvalue weighted by Gasteiger charge is 2.30. The molecule has 1 N–H and O–H groups in total. The lowest BCUT2D eigenvalue weighted by Crippen LogP contribution is -2.42. The van der Waals surface area contributed by atoms with E-state index in [1.807, 2.05) is 20.0 Å². The number of nitrogens with one attached hydrogen (secondary N) is 1. The van der Waals surface area contributed by atoms with E-state index in [2.05, 4.69) is 15.4 Å². The third-order valence-corrected chi connectivity index (χ3v) is 4.11. The molecule has 0 aliphatic heterocycles. The number of halogens is 1. The molecule has 0 spiro atoms. The van der Waals surface area contributed by atoms with Crippen molar-refractivity contribution in [1.82, 2.24) is 14.8 Å². The van der Waals surface area contributed by atoms with Gasteiger partial charge in [-0.15, -0.1) is 0 Å². The molecule has 25 heavy (non-hydrogen) atoms. The third-order valence-electron chi connectivity index (χ3n) is 3.85. The number of hydrogen-bond donors (Lipinski definition) is 1. The topological polar surface area (TPSA) is 69.0 Å². The number of carbonyl (C=O) groups excluding carboxylic acids is 1. The highest BCUT2D eigenvalue weighted by atomic mass is 35.5. The van der Waals surface area contributed by atoms with Gasteiger partial charge >= 0.3 is 0 Å². The van der Waals surface area contributed by atoms with E-state index < -0.39 is 5.60 Å². The van der Waals surface area contributed by atoms with E-state index in [1.54, 1.807) is 49.0 Å². The summed E-state index contributed by atoms with van der Waals surface area (Å²) >= 11 is 5.87. The van der Waals surface area contributed by atoms with Gasteiger partial charge in [0.1, 0.15) is 5.75 Å². The third kappa shape index (κ3) is 3.58. The van der Waals surface area contributed by atoms with Crippen molar-refractivity contribution in [2.45, 2.75) is 26.4 Å². The maximum Gasteiger partial charge on any atom is 0.268 e. The van der Waals surface area contributed by atoms with Crippen LogP contribution in [0.5, 0.6) is 5.75 Å². The smallest absolute Gasteiger partial charge is 0.268 e. The van der Waals surface area contributed by atoms with Gasteiger partial charge in [-0.2, -0.15) is 5.10 Å². The van der Waals surface area contributed by atoms with Crippen LogP contribution in [0.3, 0.4) is 0 Å². The summed E-state index contributed by atoms with van der Waals surface area (Å²) in [6.45, 7) is 5.32. The Kier molecular flexibility index (Phi) is 4.39. The van der Waals surface area contributed by atoms with Crippen molar-refractivity contribution in [1.29, 1.82) is 0 Å². The van der Waals surface area contributed by atoms with Gasteiger partial charge in [0, 0.05) is 17.5 Å². The normalized spacial score (nSPS) is 11.6. The van der Waals surface area contributed by atoms with Crippen molar-refractivity contribution >= 4 is 34.2 Å². The van der Waals surface area contributed by atoms with Crippen LogP contribution < -0.4 is 10.1 Å². The summed E-state index contributed by atoms with van der Waals surface area (Å²) in [5, 5.41) is 8.69. The monoisotopic (exact) mass is 358 g/mol. The minimum atomic E-state index is -1.06. The number of aryl methyl sites for hydroxylation is 2. The number of ether oxygens (including phenoxy) is 1. The highest BCUT2D eigenvalue weighted by molar-refractivity contribution is 6.30. The predicted octanol–water partition coefficient (Wildman–Crippen LogP) is 3.73. The molecule has 0 saturated carbocycles. The number of hydrogen-bond acceptors (Lipinski definition) is 4. The predicted molar refractivity (Wildman–Crippen MR) is 98.0 cm³/mol. The van der Waals surface area contributed by atoms with Crippen molar-refractivity contribution in [2.75, 3.05) is 5.32 Å². The number of fused-ring (bicyclic) bond motifs is 1. The summed E-state index contributed by atoms with van der Waals surface area (Å²) in [5.74, 6) is 0.298. The molecule has 0 fully saturated rings.